The van der Waals surface area contributed by atoms with Crippen molar-refractivity contribution in [2.24, 2.45) is 0 Å². The maximum Gasteiger partial charge on any atom is 0.226 e. The average molecular weight is 392 g/mol. The third-order valence-electron chi connectivity index (χ3n) is 6.40. The number of hydrogen-bond donors (Lipinski definition) is 1. The lowest BCUT2D eigenvalue weighted by Gasteiger charge is -2.29. The Bertz CT molecular complexity index is 953. The molecule has 1 aromatic heterocycles. The molecule has 3 aliphatic carbocycles. The van der Waals surface area contributed by atoms with Gasteiger partial charge in [-0.05, 0) is 61.6 Å². The van der Waals surface area contributed by atoms with Gasteiger partial charge in [-0.2, -0.15) is 5.26 Å². The number of thiophene rings is 1. The summed E-state index contributed by atoms with van der Waals surface area (Å²) in [7, 11) is 0. The van der Waals surface area contributed by atoms with Crippen LogP contribution in [0.3, 0.4) is 0 Å². The number of rotatable bonds is 6. The number of fused-ring (bicyclic) bond motifs is 2. The highest BCUT2D eigenvalue weighted by Gasteiger charge is 2.37. The first-order valence-corrected chi connectivity index (χ1v) is 11.2. The van der Waals surface area contributed by atoms with E-state index in [1.165, 1.54) is 34.4 Å². The van der Waals surface area contributed by atoms with E-state index >= 15 is 0 Å². The van der Waals surface area contributed by atoms with E-state index in [0.717, 1.165) is 43.6 Å². The van der Waals surface area contributed by atoms with Crippen molar-refractivity contribution in [3.05, 3.63) is 51.4 Å². The normalized spacial score (nSPS) is 20.1. The Morgan fingerprint density at radius 2 is 2.07 bits per heavy atom. The predicted molar refractivity (Wildman–Crippen MR) is 112 cm³/mol. The van der Waals surface area contributed by atoms with Crippen LogP contribution in [-0.4, -0.2) is 23.4 Å². The number of carbonyl (C=O) groups excluding carboxylic acids is 1. The van der Waals surface area contributed by atoms with Crippen molar-refractivity contribution in [2.75, 3.05) is 11.9 Å². The Kier molecular flexibility index (Phi) is 4.70. The van der Waals surface area contributed by atoms with Crippen LogP contribution in [0, 0.1) is 11.3 Å². The van der Waals surface area contributed by atoms with Gasteiger partial charge >= 0.3 is 0 Å². The molecule has 1 amide bonds. The molecule has 0 aliphatic heterocycles. The van der Waals surface area contributed by atoms with Gasteiger partial charge in [0.05, 0.1) is 5.56 Å². The second-order valence-electron chi connectivity index (χ2n) is 8.19. The first kappa shape index (κ1) is 17.9. The van der Waals surface area contributed by atoms with Crippen molar-refractivity contribution < 1.29 is 4.79 Å². The van der Waals surface area contributed by atoms with Gasteiger partial charge in [-0.1, -0.05) is 24.3 Å². The number of amides is 1. The van der Waals surface area contributed by atoms with Gasteiger partial charge in [0.15, 0.2) is 0 Å². The molecule has 144 valence electrons. The van der Waals surface area contributed by atoms with Crippen molar-refractivity contribution in [2.45, 2.75) is 63.5 Å². The van der Waals surface area contributed by atoms with Gasteiger partial charge in [0, 0.05) is 29.9 Å². The van der Waals surface area contributed by atoms with Crippen LogP contribution in [0.5, 0.6) is 0 Å². The number of anilines is 1. The second kappa shape index (κ2) is 7.35. The quantitative estimate of drug-likeness (QED) is 0.784. The zero-order valence-corrected chi connectivity index (χ0v) is 16.9. The number of nitrogens with one attached hydrogen (secondary N) is 1. The number of carbonyl (C=O) groups is 1. The largest absolute Gasteiger partial charge is 0.317 e. The lowest BCUT2D eigenvalue weighted by molar-refractivity contribution is -0.116. The topological polar surface area (TPSA) is 56.1 Å². The van der Waals surface area contributed by atoms with Crippen LogP contribution < -0.4 is 5.32 Å². The van der Waals surface area contributed by atoms with Gasteiger partial charge in [-0.3, -0.25) is 9.69 Å². The highest BCUT2D eigenvalue weighted by Crippen LogP contribution is 2.42. The SMILES string of the molecule is N#Cc1c(NC(=O)CCN(C2CC2)C2CCc3ccccc32)sc2c1CCC2. The van der Waals surface area contributed by atoms with E-state index in [1.54, 1.807) is 11.3 Å². The van der Waals surface area contributed by atoms with Crippen LogP contribution in [0.15, 0.2) is 24.3 Å². The molecule has 28 heavy (non-hydrogen) atoms. The minimum absolute atomic E-state index is 0.0355. The van der Waals surface area contributed by atoms with Crippen LogP contribution in [0.1, 0.15) is 65.3 Å². The summed E-state index contributed by atoms with van der Waals surface area (Å²) >= 11 is 1.60. The third kappa shape index (κ3) is 3.25. The van der Waals surface area contributed by atoms with E-state index in [0.29, 0.717) is 24.1 Å². The van der Waals surface area contributed by atoms with Crippen molar-refractivity contribution in [3.63, 3.8) is 0 Å². The second-order valence-corrected chi connectivity index (χ2v) is 9.30. The molecule has 0 radical (unpaired) electrons. The minimum atomic E-state index is 0.0355. The van der Waals surface area contributed by atoms with Gasteiger partial charge in [0.1, 0.15) is 11.1 Å². The van der Waals surface area contributed by atoms with E-state index in [9.17, 15) is 10.1 Å². The van der Waals surface area contributed by atoms with E-state index in [-0.39, 0.29) is 5.91 Å². The molecule has 1 N–H and O–H groups in total. The summed E-state index contributed by atoms with van der Waals surface area (Å²) in [5.74, 6) is 0.0355. The van der Waals surface area contributed by atoms with Gasteiger partial charge in [0.25, 0.3) is 0 Å². The first-order valence-electron chi connectivity index (χ1n) is 10.4. The monoisotopic (exact) mass is 391 g/mol. The fraction of sp³-hybridized carbons (Fsp3) is 0.478. The molecule has 4 nitrogen and oxygen atoms in total. The molecular formula is C23H25N3OS. The van der Waals surface area contributed by atoms with Crippen LogP contribution in [-0.2, 0) is 24.1 Å². The van der Waals surface area contributed by atoms with Crippen molar-refractivity contribution in [3.8, 4) is 6.07 Å². The lowest BCUT2D eigenvalue weighted by Crippen LogP contribution is -2.33. The van der Waals surface area contributed by atoms with Crippen molar-refractivity contribution in [1.29, 1.82) is 5.26 Å². The molecule has 2 aromatic rings. The van der Waals surface area contributed by atoms with Crippen molar-refractivity contribution in [1.82, 2.24) is 4.90 Å². The van der Waals surface area contributed by atoms with E-state index in [2.05, 4.69) is 40.6 Å². The summed E-state index contributed by atoms with van der Waals surface area (Å²) in [6, 6.07) is 12.2. The summed E-state index contributed by atoms with van der Waals surface area (Å²) in [5.41, 5.74) is 4.80. The maximum atomic E-state index is 12.7. The lowest BCUT2D eigenvalue weighted by atomic mass is 10.1. The molecule has 5 heteroatoms. The van der Waals surface area contributed by atoms with Gasteiger partial charge < -0.3 is 5.32 Å². The molecule has 1 atom stereocenters. The van der Waals surface area contributed by atoms with Gasteiger partial charge in [-0.25, -0.2) is 0 Å². The number of aryl methyl sites for hydroxylation is 2. The molecule has 3 aliphatic rings. The fourth-order valence-electron chi connectivity index (χ4n) is 4.91. The highest BCUT2D eigenvalue weighted by molar-refractivity contribution is 7.16. The molecule has 5 rings (SSSR count). The molecule has 0 saturated heterocycles. The Hall–Kier alpha value is -2.16. The smallest absolute Gasteiger partial charge is 0.226 e. The van der Waals surface area contributed by atoms with Crippen LogP contribution in [0.4, 0.5) is 5.00 Å². The van der Waals surface area contributed by atoms with Gasteiger partial charge in [-0.15, -0.1) is 11.3 Å². The Morgan fingerprint density at radius 3 is 2.89 bits per heavy atom. The standard InChI is InChI=1S/C23H25N3OS/c24-14-19-18-6-3-7-21(18)28-23(19)25-22(27)12-13-26(16-9-10-16)20-11-8-15-4-1-2-5-17(15)20/h1-2,4-5,16,20H,3,6-13H2,(H,25,27). The first-order chi connectivity index (χ1) is 13.7. The van der Waals surface area contributed by atoms with Crippen LogP contribution >= 0.6 is 11.3 Å². The Labute approximate surface area is 170 Å². The Balaban J connectivity index is 1.25. The number of benzene rings is 1. The summed E-state index contributed by atoms with van der Waals surface area (Å²) < 4.78 is 0. The molecular weight excluding hydrogens is 366 g/mol. The van der Waals surface area contributed by atoms with Crippen molar-refractivity contribution >= 4 is 22.2 Å². The van der Waals surface area contributed by atoms with E-state index in [4.69, 9.17) is 0 Å². The highest BCUT2D eigenvalue weighted by atomic mass is 32.1. The molecule has 1 fully saturated rings. The number of nitriles is 1. The van der Waals surface area contributed by atoms with E-state index in [1.807, 2.05) is 0 Å². The van der Waals surface area contributed by atoms with Crippen LogP contribution in [0.2, 0.25) is 0 Å². The molecule has 1 aromatic carbocycles. The molecule has 1 saturated carbocycles. The number of hydrogen-bond acceptors (Lipinski definition) is 4. The summed E-state index contributed by atoms with van der Waals surface area (Å²) in [6.45, 7) is 0.794. The maximum absolute atomic E-state index is 12.7. The molecule has 1 heterocycles. The average Bonchev–Trinajstić information content (AvgIpc) is 3.14. The van der Waals surface area contributed by atoms with Crippen LogP contribution in [0.25, 0.3) is 0 Å². The summed E-state index contributed by atoms with van der Waals surface area (Å²) in [6.07, 6.45) is 8.43. The zero-order valence-electron chi connectivity index (χ0n) is 16.0. The fourth-order valence-corrected chi connectivity index (χ4v) is 6.16. The van der Waals surface area contributed by atoms with E-state index < -0.39 is 0 Å². The molecule has 0 spiro atoms. The third-order valence-corrected chi connectivity index (χ3v) is 7.61. The molecule has 1 unspecified atom stereocenters. The predicted octanol–water partition coefficient (Wildman–Crippen LogP) is 4.59. The summed E-state index contributed by atoms with van der Waals surface area (Å²) in [4.78, 5) is 16.5. The number of nitrogens with zero attached hydrogens (tertiary/aromatic N) is 2. The minimum Gasteiger partial charge on any atom is -0.317 e. The zero-order chi connectivity index (χ0) is 19.1. The molecule has 0 bridgehead atoms. The van der Waals surface area contributed by atoms with Gasteiger partial charge in [0.2, 0.25) is 5.91 Å². The Morgan fingerprint density at radius 1 is 1.21 bits per heavy atom. The summed E-state index contributed by atoms with van der Waals surface area (Å²) in [5, 5.41) is 13.3.